The Labute approximate surface area is 96.6 Å². The van der Waals surface area contributed by atoms with Gasteiger partial charge in [-0.2, -0.15) is 0 Å². The highest BCUT2D eigenvalue weighted by atomic mass is 79.9. The largest absolute Gasteiger partial charge is 0.360 e. The fourth-order valence-electron chi connectivity index (χ4n) is 1.54. The summed E-state index contributed by atoms with van der Waals surface area (Å²) in [6.45, 7) is 0. The molecule has 0 aliphatic rings. The Morgan fingerprint density at radius 1 is 1.19 bits per heavy atom. The Morgan fingerprint density at radius 3 is 2.50 bits per heavy atom. The van der Waals surface area contributed by atoms with E-state index in [0.29, 0.717) is 9.99 Å². The third-order valence-corrected chi connectivity index (χ3v) is 2.88. The summed E-state index contributed by atoms with van der Waals surface area (Å²) >= 11 is 3.07. The first-order chi connectivity index (χ1) is 7.50. The van der Waals surface area contributed by atoms with Crippen molar-refractivity contribution in [2.24, 2.45) is 0 Å². The van der Waals surface area contributed by atoms with E-state index in [4.69, 9.17) is 0 Å². The predicted molar refractivity (Wildman–Crippen MR) is 55.8 cm³/mol. The van der Waals surface area contributed by atoms with Gasteiger partial charge in [0.15, 0.2) is 6.17 Å². The van der Waals surface area contributed by atoms with Crippen molar-refractivity contribution < 1.29 is 17.6 Å². The number of fused-ring (bicyclic) bond motifs is 1. The second-order valence-corrected chi connectivity index (χ2v) is 4.14. The number of hydrogen-bond donors (Lipinski definition) is 1. The molecule has 1 heterocycles. The van der Waals surface area contributed by atoms with Crippen molar-refractivity contribution in [2.45, 2.75) is 12.6 Å². The molecule has 0 fully saturated rings. The molecule has 2 aromatic rings. The molecular formula is C10H6BrF4N. The van der Waals surface area contributed by atoms with Gasteiger partial charge in [-0.1, -0.05) is 0 Å². The van der Waals surface area contributed by atoms with Gasteiger partial charge in [0.1, 0.15) is 5.82 Å². The van der Waals surface area contributed by atoms with E-state index in [1.165, 1.54) is 6.07 Å². The number of hydrogen-bond acceptors (Lipinski definition) is 0. The van der Waals surface area contributed by atoms with Crippen LogP contribution in [0.15, 0.2) is 22.8 Å². The number of aromatic nitrogens is 1. The number of H-pyrrole nitrogens is 1. The van der Waals surface area contributed by atoms with E-state index in [-0.39, 0.29) is 10.9 Å². The van der Waals surface area contributed by atoms with Crippen molar-refractivity contribution in [1.29, 1.82) is 0 Å². The van der Waals surface area contributed by atoms with Crippen LogP contribution in [0.25, 0.3) is 10.9 Å². The lowest BCUT2D eigenvalue weighted by molar-refractivity contribution is 0.0503. The molecule has 0 aliphatic carbocycles. The second kappa shape index (κ2) is 4.08. The van der Waals surface area contributed by atoms with Gasteiger partial charge in [-0.3, -0.25) is 0 Å². The highest BCUT2D eigenvalue weighted by Gasteiger charge is 2.25. The van der Waals surface area contributed by atoms with E-state index in [0.717, 1.165) is 12.3 Å². The molecule has 0 saturated heterocycles. The maximum atomic E-state index is 13.2. The third-order valence-electron chi connectivity index (χ3n) is 2.26. The molecule has 1 unspecified atom stereocenters. The van der Waals surface area contributed by atoms with E-state index in [1.807, 2.05) is 0 Å². The zero-order valence-electron chi connectivity index (χ0n) is 7.78. The number of alkyl halides is 3. The van der Waals surface area contributed by atoms with Gasteiger partial charge >= 0.3 is 0 Å². The molecule has 0 radical (unpaired) electrons. The van der Waals surface area contributed by atoms with Gasteiger partial charge in [0.25, 0.3) is 6.43 Å². The molecule has 0 bridgehead atoms. The number of nitrogens with one attached hydrogen (secondary N) is 1. The van der Waals surface area contributed by atoms with Gasteiger partial charge in [-0.15, -0.1) is 0 Å². The zero-order chi connectivity index (χ0) is 11.9. The molecule has 86 valence electrons. The standard InChI is InChI=1S/C10H6BrF4N/c11-7-2-4(12)1-5-6(3-16-9(5)7)8(13)10(14)15/h1-3,8,10,16H. The molecule has 0 saturated carbocycles. The Kier molecular flexibility index (Phi) is 2.92. The molecule has 6 heteroatoms. The minimum atomic E-state index is -3.12. The highest BCUT2D eigenvalue weighted by Crippen LogP contribution is 2.34. The average molecular weight is 296 g/mol. The zero-order valence-corrected chi connectivity index (χ0v) is 9.36. The molecule has 0 aliphatic heterocycles. The molecule has 2 rings (SSSR count). The van der Waals surface area contributed by atoms with Gasteiger partial charge in [-0.25, -0.2) is 17.6 Å². The van der Waals surface area contributed by atoms with Crippen LogP contribution in [0.2, 0.25) is 0 Å². The SMILES string of the molecule is Fc1cc(Br)c2[nH]cc(C(F)C(F)F)c2c1. The Hall–Kier alpha value is -1.04. The molecule has 0 spiro atoms. The summed E-state index contributed by atoms with van der Waals surface area (Å²) in [7, 11) is 0. The summed E-state index contributed by atoms with van der Waals surface area (Å²) in [5.74, 6) is -0.610. The first kappa shape index (κ1) is 11.4. The van der Waals surface area contributed by atoms with Crippen LogP contribution >= 0.6 is 15.9 Å². The smallest absolute Gasteiger partial charge is 0.273 e. The molecule has 1 N–H and O–H groups in total. The molecule has 1 aromatic carbocycles. The summed E-state index contributed by atoms with van der Waals surface area (Å²) in [5.41, 5.74) is 0.171. The Balaban J connectivity index is 2.64. The van der Waals surface area contributed by atoms with Crippen molar-refractivity contribution >= 4 is 26.8 Å². The van der Waals surface area contributed by atoms with Crippen LogP contribution in [0.3, 0.4) is 0 Å². The van der Waals surface area contributed by atoms with E-state index >= 15 is 0 Å². The van der Waals surface area contributed by atoms with Crippen LogP contribution in [0.4, 0.5) is 17.6 Å². The average Bonchev–Trinajstić information content (AvgIpc) is 2.60. The lowest BCUT2D eigenvalue weighted by Crippen LogP contribution is -2.02. The monoisotopic (exact) mass is 295 g/mol. The van der Waals surface area contributed by atoms with Crippen molar-refractivity contribution in [3.63, 3.8) is 0 Å². The summed E-state index contributed by atoms with van der Waals surface area (Å²) in [5, 5.41) is 0.125. The van der Waals surface area contributed by atoms with E-state index in [2.05, 4.69) is 20.9 Å². The number of benzene rings is 1. The van der Waals surface area contributed by atoms with Crippen molar-refractivity contribution in [3.05, 3.63) is 34.2 Å². The molecule has 16 heavy (non-hydrogen) atoms. The quantitative estimate of drug-likeness (QED) is 0.793. The topological polar surface area (TPSA) is 15.8 Å². The minimum Gasteiger partial charge on any atom is -0.360 e. The second-order valence-electron chi connectivity index (χ2n) is 3.29. The molecule has 0 amide bonds. The van der Waals surface area contributed by atoms with Gasteiger partial charge < -0.3 is 4.98 Å². The van der Waals surface area contributed by atoms with Crippen LogP contribution in [0.5, 0.6) is 0 Å². The van der Waals surface area contributed by atoms with Crippen molar-refractivity contribution in [1.82, 2.24) is 4.98 Å². The fourth-order valence-corrected chi connectivity index (χ4v) is 2.09. The Bertz CT molecular complexity index is 523. The van der Waals surface area contributed by atoms with Crippen LogP contribution in [0.1, 0.15) is 11.7 Å². The molecule has 1 atom stereocenters. The van der Waals surface area contributed by atoms with E-state index in [1.54, 1.807) is 0 Å². The molecular weight excluding hydrogens is 290 g/mol. The lowest BCUT2D eigenvalue weighted by atomic mass is 10.1. The van der Waals surface area contributed by atoms with Crippen molar-refractivity contribution in [2.75, 3.05) is 0 Å². The summed E-state index contributed by atoms with van der Waals surface area (Å²) < 4.78 is 51.1. The normalized spacial score (nSPS) is 13.6. The van der Waals surface area contributed by atoms with E-state index in [9.17, 15) is 17.6 Å². The van der Waals surface area contributed by atoms with Gasteiger partial charge in [-0.05, 0) is 28.1 Å². The summed E-state index contributed by atoms with van der Waals surface area (Å²) in [6.07, 6.45) is -4.41. The fraction of sp³-hybridized carbons (Fsp3) is 0.200. The van der Waals surface area contributed by atoms with Crippen LogP contribution < -0.4 is 0 Å². The third kappa shape index (κ3) is 1.81. The number of aromatic amines is 1. The van der Waals surface area contributed by atoms with Gasteiger partial charge in [0.05, 0.1) is 5.52 Å². The first-order valence-electron chi connectivity index (χ1n) is 4.39. The predicted octanol–water partition coefficient (Wildman–Crippen LogP) is 4.35. The van der Waals surface area contributed by atoms with Gasteiger partial charge in [0.2, 0.25) is 0 Å². The Morgan fingerprint density at radius 2 is 1.88 bits per heavy atom. The minimum absolute atomic E-state index is 0.125. The maximum Gasteiger partial charge on any atom is 0.273 e. The van der Waals surface area contributed by atoms with Crippen LogP contribution in [-0.2, 0) is 0 Å². The number of halogens is 5. The molecule has 1 aromatic heterocycles. The van der Waals surface area contributed by atoms with Crippen LogP contribution in [-0.4, -0.2) is 11.4 Å². The highest BCUT2D eigenvalue weighted by molar-refractivity contribution is 9.10. The van der Waals surface area contributed by atoms with Gasteiger partial charge in [0, 0.05) is 21.6 Å². The first-order valence-corrected chi connectivity index (χ1v) is 5.18. The molecule has 1 nitrogen and oxygen atoms in total. The van der Waals surface area contributed by atoms with Crippen molar-refractivity contribution in [3.8, 4) is 0 Å². The summed E-state index contributed by atoms with van der Waals surface area (Å²) in [6, 6.07) is 2.21. The summed E-state index contributed by atoms with van der Waals surface area (Å²) in [4.78, 5) is 2.63. The maximum absolute atomic E-state index is 13.2. The van der Waals surface area contributed by atoms with E-state index < -0.39 is 18.4 Å². The number of rotatable bonds is 2. The van der Waals surface area contributed by atoms with Crippen LogP contribution in [0, 0.1) is 5.82 Å². The lowest BCUT2D eigenvalue weighted by Gasteiger charge is -2.05.